The molecule has 0 spiro atoms. The Labute approximate surface area is 123 Å². The first kappa shape index (κ1) is 14.0. The fourth-order valence-corrected chi connectivity index (χ4v) is 2.73. The van der Waals surface area contributed by atoms with Gasteiger partial charge in [0.05, 0.1) is 6.04 Å². The Bertz CT molecular complexity index is 838. The number of hydrogen-bond donors (Lipinski definition) is 3. The van der Waals surface area contributed by atoms with Gasteiger partial charge in [-0.15, -0.1) is 0 Å². The molecule has 1 aliphatic carbocycles. The maximum atomic E-state index is 13.5. The average molecular weight is 305 g/mol. The number of nitrogens with one attached hydrogen (secondary N) is 1. The molecule has 0 bridgehead atoms. The summed E-state index contributed by atoms with van der Waals surface area (Å²) in [6.45, 7) is 0. The van der Waals surface area contributed by atoms with Gasteiger partial charge in [-0.3, -0.25) is 9.93 Å². The van der Waals surface area contributed by atoms with Crippen molar-refractivity contribution in [2.45, 2.75) is 18.9 Å². The Morgan fingerprint density at radius 1 is 1.59 bits per heavy atom. The second-order valence-corrected chi connectivity index (χ2v) is 4.90. The molecule has 0 saturated heterocycles. The summed E-state index contributed by atoms with van der Waals surface area (Å²) in [6, 6.07) is 3.85. The van der Waals surface area contributed by atoms with Crippen molar-refractivity contribution in [3.63, 3.8) is 0 Å². The van der Waals surface area contributed by atoms with Crippen molar-refractivity contribution < 1.29 is 14.1 Å². The highest BCUT2D eigenvalue weighted by Gasteiger charge is 2.31. The quantitative estimate of drug-likeness (QED) is 0.331. The first-order valence-corrected chi connectivity index (χ1v) is 6.46. The van der Waals surface area contributed by atoms with E-state index in [0.29, 0.717) is 18.4 Å². The van der Waals surface area contributed by atoms with E-state index in [4.69, 9.17) is 16.4 Å². The van der Waals surface area contributed by atoms with E-state index in [2.05, 4.69) is 14.8 Å². The van der Waals surface area contributed by atoms with Gasteiger partial charge in [0.1, 0.15) is 11.7 Å². The largest absolute Gasteiger partial charge is 0.442 e. The second kappa shape index (κ2) is 5.10. The van der Waals surface area contributed by atoms with E-state index in [-0.39, 0.29) is 11.5 Å². The summed E-state index contributed by atoms with van der Waals surface area (Å²) >= 11 is 0. The average Bonchev–Trinajstić information content (AvgIpc) is 3.03. The van der Waals surface area contributed by atoms with Crippen LogP contribution in [0.4, 0.5) is 4.39 Å². The van der Waals surface area contributed by atoms with Crippen molar-refractivity contribution >= 4 is 11.5 Å². The van der Waals surface area contributed by atoms with Crippen LogP contribution < -0.4 is 11.5 Å². The van der Waals surface area contributed by atoms with Crippen LogP contribution in [0, 0.1) is 11.2 Å². The minimum absolute atomic E-state index is 0.165. The number of nitrogens with two attached hydrogens (primary N) is 1. The number of aromatic nitrogens is 2. The minimum atomic E-state index is -0.792. The molecule has 1 aromatic heterocycles. The van der Waals surface area contributed by atoms with Gasteiger partial charge in [-0.1, -0.05) is 16.4 Å². The molecular formula is C13H12FN5O3. The van der Waals surface area contributed by atoms with Gasteiger partial charge >= 0.3 is 5.76 Å². The normalized spacial score (nSPS) is 17.5. The third-order valence-corrected chi connectivity index (χ3v) is 3.67. The van der Waals surface area contributed by atoms with E-state index in [0.717, 1.165) is 10.1 Å². The topological polar surface area (TPSA) is 130 Å². The summed E-state index contributed by atoms with van der Waals surface area (Å²) in [5, 5.41) is 22.8. The number of aryl methyl sites for hydroxylation is 1. The van der Waals surface area contributed by atoms with Crippen LogP contribution in [0.5, 0.6) is 0 Å². The fourth-order valence-electron chi connectivity index (χ4n) is 2.73. The zero-order valence-corrected chi connectivity index (χ0v) is 11.3. The predicted octanol–water partition coefficient (Wildman–Crippen LogP) is 0.625. The first-order valence-electron chi connectivity index (χ1n) is 6.46. The van der Waals surface area contributed by atoms with Crippen molar-refractivity contribution in [1.29, 1.82) is 5.41 Å². The van der Waals surface area contributed by atoms with Gasteiger partial charge in [-0.2, -0.15) is 0 Å². The summed E-state index contributed by atoms with van der Waals surface area (Å²) in [5.41, 5.74) is 6.48. The molecule has 1 aliphatic rings. The van der Waals surface area contributed by atoms with Gasteiger partial charge in [0, 0.05) is 0 Å². The maximum absolute atomic E-state index is 13.5. The van der Waals surface area contributed by atoms with E-state index >= 15 is 0 Å². The Balaban J connectivity index is 2.16. The molecule has 1 unspecified atom stereocenters. The molecular weight excluding hydrogens is 293 g/mol. The Morgan fingerprint density at radius 3 is 3.05 bits per heavy atom. The van der Waals surface area contributed by atoms with Crippen LogP contribution in [0.3, 0.4) is 0 Å². The number of fused-ring (bicyclic) bond motifs is 1. The van der Waals surface area contributed by atoms with Gasteiger partial charge in [0.2, 0.25) is 5.82 Å². The number of halogens is 1. The Morgan fingerprint density at radius 2 is 2.36 bits per heavy atom. The van der Waals surface area contributed by atoms with Gasteiger partial charge in [0.25, 0.3) is 0 Å². The molecule has 9 heteroatoms. The molecule has 1 aromatic carbocycles. The summed E-state index contributed by atoms with van der Waals surface area (Å²) in [4.78, 5) is 12.0. The van der Waals surface area contributed by atoms with E-state index < -0.39 is 23.5 Å². The van der Waals surface area contributed by atoms with Gasteiger partial charge in [-0.05, 0) is 36.1 Å². The van der Waals surface area contributed by atoms with Crippen molar-refractivity contribution in [3.05, 3.63) is 51.5 Å². The van der Waals surface area contributed by atoms with E-state index in [9.17, 15) is 9.18 Å². The number of benzene rings is 1. The number of rotatable bonds is 3. The van der Waals surface area contributed by atoms with Crippen LogP contribution in [-0.2, 0) is 6.42 Å². The lowest BCUT2D eigenvalue weighted by Gasteiger charge is -2.14. The second-order valence-electron chi connectivity index (χ2n) is 4.90. The summed E-state index contributed by atoms with van der Waals surface area (Å²) < 4.78 is 19.2. The zero-order chi connectivity index (χ0) is 15.9. The minimum Gasteiger partial charge on any atom is -0.410 e. The highest BCUT2D eigenvalue weighted by atomic mass is 19.1. The molecule has 3 rings (SSSR count). The van der Waals surface area contributed by atoms with E-state index in [1.165, 1.54) is 12.1 Å². The molecule has 0 radical (unpaired) electrons. The van der Waals surface area contributed by atoms with Crippen LogP contribution in [0.1, 0.15) is 29.4 Å². The van der Waals surface area contributed by atoms with Gasteiger partial charge < -0.3 is 10.9 Å². The van der Waals surface area contributed by atoms with Crippen LogP contribution in [-0.4, -0.2) is 26.5 Å². The van der Waals surface area contributed by atoms with Crippen LogP contribution in [0.15, 0.2) is 32.7 Å². The first-order chi connectivity index (χ1) is 10.5. The van der Waals surface area contributed by atoms with Crippen LogP contribution >= 0.6 is 0 Å². The zero-order valence-electron chi connectivity index (χ0n) is 11.3. The van der Waals surface area contributed by atoms with E-state index in [1.807, 2.05) is 0 Å². The molecule has 8 nitrogen and oxygen atoms in total. The highest BCUT2D eigenvalue weighted by Crippen LogP contribution is 2.34. The van der Waals surface area contributed by atoms with Crippen molar-refractivity contribution in [2.75, 3.05) is 0 Å². The molecule has 0 amide bonds. The van der Waals surface area contributed by atoms with Crippen LogP contribution in [0.25, 0.3) is 0 Å². The summed E-state index contributed by atoms with van der Waals surface area (Å²) in [5.74, 6) is -1.94. The number of amidine groups is 1. The molecule has 4 N–H and O–H groups in total. The molecule has 0 aliphatic heterocycles. The summed E-state index contributed by atoms with van der Waals surface area (Å²) in [6.07, 6.45) is 1.19. The standard InChI is InChI=1S/C13H12FN5O3/c14-7-3-1-6-2-4-9(8(6)5-7)19-12(18-22-13(19)20)10(17-21)11(15)16/h1,3,5,9,21H,2,4H2,(H3,15,16)/b17-10+. The molecule has 0 fully saturated rings. The van der Waals surface area contributed by atoms with Crippen molar-refractivity contribution in [3.8, 4) is 0 Å². The van der Waals surface area contributed by atoms with Crippen LogP contribution in [0.2, 0.25) is 0 Å². The fraction of sp³-hybridized carbons (Fsp3) is 0.231. The third-order valence-electron chi connectivity index (χ3n) is 3.67. The van der Waals surface area contributed by atoms with E-state index in [1.54, 1.807) is 6.07 Å². The SMILES string of the molecule is N=C(N)/C(=N\O)c1noc(=O)n1C1CCc2ccc(F)cc21. The van der Waals surface area contributed by atoms with Gasteiger partial charge in [-0.25, -0.2) is 13.8 Å². The molecule has 114 valence electrons. The van der Waals surface area contributed by atoms with Crippen molar-refractivity contribution in [2.24, 2.45) is 10.9 Å². The molecule has 2 aromatic rings. The molecule has 1 heterocycles. The molecule has 0 saturated carbocycles. The molecule has 22 heavy (non-hydrogen) atoms. The third kappa shape index (κ3) is 2.07. The summed E-state index contributed by atoms with van der Waals surface area (Å²) in [7, 11) is 0. The number of hydrogen-bond acceptors (Lipinski definition) is 6. The Kier molecular flexibility index (Phi) is 3.24. The predicted molar refractivity (Wildman–Crippen MR) is 73.9 cm³/mol. The lowest BCUT2D eigenvalue weighted by molar-refractivity contribution is 0.319. The lowest BCUT2D eigenvalue weighted by Crippen LogP contribution is -2.31. The number of oxime groups is 1. The Hall–Kier alpha value is -2.97. The molecule has 1 atom stereocenters. The monoisotopic (exact) mass is 305 g/mol. The highest BCUT2D eigenvalue weighted by molar-refractivity contribution is 6.44. The number of nitrogens with zero attached hydrogens (tertiary/aromatic N) is 3. The van der Waals surface area contributed by atoms with Gasteiger partial charge in [0.15, 0.2) is 5.71 Å². The van der Waals surface area contributed by atoms with Crippen molar-refractivity contribution in [1.82, 2.24) is 9.72 Å². The lowest BCUT2D eigenvalue weighted by atomic mass is 10.1. The maximum Gasteiger partial charge on any atom is 0.442 e. The smallest absolute Gasteiger partial charge is 0.410 e.